The van der Waals surface area contributed by atoms with Crippen LogP contribution in [0.25, 0.3) is 0 Å². The summed E-state index contributed by atoms with van der Waals surface area (Å²) >= 11 is 5.72. The predicted molar refractivity (Wildman–Crippen MR) is 80.0 cm³/mol. The quantitative estimate of drug-likeness (QED) is 0.669. The largest absolute Gasteiger partial charge is 0.436 e. The Morgan fingerprint density at radius 2 is 2.00 bits per heavy atom. The van der Waals surface area contributed by atoms with Crippen LogP contribution in [0.15, 0.2) is 24.3 Å². The van der Waals surface area contributed by atoms with Crippen LogP contribution in [-0.4, -0.2) is 9.97 Å². The minimum Gasteiger partial charge on any atom is -0.436 e. The number of rotatable bonds is 3. The number of nitrogens with two attached hydrogens (primary N) is 1. The smallest absolute Gasteiger partial charge is 0.224 e. The fourth-order valence-electron chi connectivity index (χ4n) is 1.56. The molecule has 0 amide bonds. The van der Waals surface area contributed by atoms with Gasteiger partial charge in [-0.2, -0.15) is 4.98 Å². The third kappa shape index (κ3) is 3.59. The summed E-state index contributed by atoms with van der Waals surface area (Å²) in [6.07, 6.45) is 0. The number of hydrogen-bond acceptors (Lipinski definition) is 5. The highest BCUT2D eigenvalue weighted by atomic mass is 35.5. The Bertz CT molecular complexity index is 658. The van der Waals surface area contributed by atoms with E-state index in [1.54, 1.807) is 6.07 Å². The molecule has 5 nitrogen and oxygen atoms in total. The summed E-state index contributed by atoms with van der Waals surface area (Å²) in [7, 11) is 0. The predicted octanol–water partition coefficient (Wildman–Crippen LogP) is 3.64. The minimum atomic E-state index is -0.641. The Labute approximate surface area is 127 Å². The molecule has 7 heteroatoms. The summed E-state index contributed by atoms with van der Waals surface area (Å²) in [5, 5.41) is -0.0187. The first-order valence-corrected chi connectivity index (χ1v) is 6.67. The zero-order valence-electron chi connectivity index (χ0n) is 11.9. The van der Waals surface area contributed by atoms with Crippen molar-refractivity contribution in [2.45, 2.75) is 26.2 Å². The van der Waals surface area contributed by atoms with Gasteiger partial charge in [0.15, 0.2) is 11.6 Å². The van der Waals surface area contributed by atoms with Crippen LogP contribution in [0.5, 0.6) is 11.6 Å². The van der Waals surface area contributed by atoms with Gasteiger partial charge in [-0.3, -0.25) is 0 Å². The van der Waals surface area contributed by atoms with E-state index in [4.69, 9.17) is 22.2 Å². The maximum atomic E-state index is 13.9. The molecule has 0 atom stereocenters. The molecule has 1 aromatic carbocycles. The number of benzene rings is 1. The van der Waals surface area contributed by atoms with Crippen molar-refractivity contribution in [2.75, 3.05) is 5.43 Å². The van der Waals surface area contributed by atoms with Gasteiger partial charge in [0.25, 0.3) is 0 Å². The molecule has 0 bridgehead atoms. The van der Waals surface area contributed by atoms with Gasteiger partial charge in [0.2, 0.25) is 5.88 Å². The summed E-state index contributed by atoms with van der Waals surface area (Å²) in [5.74, 6) is 5.83. The van der Waals surface area contributed by atoms with Gasteiger partial charge >= 0.3 is 0 Å². The fraction of sp³-hybridized carbons (Fsp3) is 0.286. The second kappa shape index (κ2) is 5.83. The molecule has 112 valence electrons. The van der Waals surface area contributed by atoms with Crippen molar-refractivity contribution in [1.29, 1.82) is 0 Å². The van der Waals surface area contributed by atoms with E-state index < -0.39 is 5.82 Å². The number of anilines is 1. The number of nitrogens with zero attached hydrogens (tertiary/aromatic N) is 2. The zero-order chi connectivity index (χ0) is 15.6. The summed E-state index contributed by atoms with van der Waals surface area (Å²) in [4.78, 5) is 8.54. The van der Waals surface area contributed by atoms with Crippen LogP contribution in [0.1, 0.15) is 26.6 Å². The standard InChI is InChI=1S/C14H16ClFN4O/c1-14(2,3)13-18-10(20-17)7-11(19-13)21-9-6-4-5-8(15)12(9)16/h4-7H,17H2,1-3H3,(H,18,19,20). The van der Waals surface area contributed by atoms with Gasteiger partial charge in [0, 0.05) is 11.5 Å². The van der Waals surface area contributed by atoms with E-state index >= 15 is 0 Å². The summed E-state index contributed by atoms with van der Waals surface area (Å²) in [6.45, 7) is 5.85. The molecule has 0 saturated heterocycles. The average molecular weight is 311 g/mol. The molecule has 0 radical (unpaired) electrons. The highest BCUT2D eigenvalue weighted by Gasteiger charge is 2.20. The molecular weight excluding hydrogens is 295 g/mol. The Morgan fingerprint density at radius 1 is 1.29 bits per heavy atom. The van der Waals surface area contributed by atoms with Crippen LogP contribution in [0.4, 0.5) is 10.2 Å². The highest BCUT2D eigenvalue weighted by molar-refractivity contribution is 6.30. The van der Waals surface area contributed by atoms with Crippen LogP contribution in [0.2, 0.25) is 5.02 Å². The van der Waals surface area contributed by atoms with Crippen LogP contribution in [0.3, 0.4) is 0 Å². The molecule has 0 spiro atoms. The third-order valence-electron chi connectivity index (χ3n) is 2.65. The summed E-state index contributed by atoms with van der Waals surface area (Å²) < 4.78 is 19.3. The van der Waals surface area contributed by atoms with Crippen LogP contribution < -0.4 is 16.0 Å². The monoisotopic (exact) mass is 310 g/mol. The normalized spacial score (nSPS) is 11.3. The van der Waals surface area contributed by atoms with Crippen molar-refractivity contribution < 1.29 is 9.13 Å². The maximum Gasteiger partial charge on any atom is 0.224 e. The Balaban J connectivity index is 2.42. The van der Waals surface area contributed by atoms with Gasteiger partial charge in [-0.1, -0.05) is 38.4 Å². The van der Waals surface area contributed by atoms with E-state index in [1.807, 2.05) is 20.8 Å². The molecule has 3 N–H and O–H groups in total. The topological polar surface area (TPSA) is 73.1 Å². The van der Waals surface area contributed by atoms with Gasteiger partial charge in [-0.15, -0.1) is 0 Å². The number of aromatic nitrogens is 2. The molecule has 0 aliphatic heterocycles. The van der Waals surface area contributed by atoms with E-state index in [1.165, 1.54) is 18.2 Å². The van der Waals surface area contributed by atoms with E-state index in [0.717, 1.165) is 0 Å². The number of halogens is 2. The van der Waals surface area contributed by atoms with E-state index in [-0.39, 0.29) is 22.1 Å². The van der Waals surface area contributed by atoms with Gasteiger partial charge in [-0.05, 0) is 12.1 Å². The van der Waals surface area contributed by atoms with Gasteiger partial charge < -0.3 is 10.2 Å². The van der Waals surface area contributed by atoms with Crippen molar-refractivity contribution in [1.82, 2.24) is 9.97 Å². The lowest BCUT2D eigenvalue weighted by Gasteiger charge is -2.18. The molecule has 1 aromatic heterocycles. The van der Waals surface area contributed by atoms with E-state index in [0.29, 0.717) is 11.6 Å². The SMILES string of the molecule is CC(C)(C)c1nc(NN)cc(Oc2cccc(Cl)c2F)n1. The average Bonchev–Trinajstić information content (AvgIpc) is 2.42. The van der Waals surface area contributed by atoms with Gasteiger partial charge in [0.1, 0.15) is 11.6 Å². The van der Waals surface area contributed by atoms with E-state index in [9.17, 15) is 4.39 Å². The first kappa shape index (κ1) is 15.5. The molecule has 0 saturated carbocycles. The Morgan fingerprint density at radius 3 is 2.62 bits per heavy atom. The van der Waals surface area contributed by atoms with E-state index in [2.05, 4.69) is 15.4 Å². The lowest BCUT2D eigenvalue weighted by atomic mass is 9.96. The molecule has 1 heterocycles. The second-order valence-electron chi connectivity index (χ2n) is 5.46. The molecule has 2 rings (SSSR count). The molecular formula is C14H16ClFN4O. The highest BCUT2D eigenvalue weighted by Crippen LogP contribution is 2.30. The van der Waals surface area contributed by atoms with Gasteiger partial charge in [-0.25, -0.2) is 15.2 Å². The van der Waals surface area contributed by atoms with Crippen molar-refractivity contribution in [3.8, 4) is 11.6 Å². The minimum absolute atomic E-state index is 0.0102. The Kier molecular flexibility index (Phi) is 4.29. The number of hydrogen-bond donors (Lipinski definition) is 2. The summed E-state index contributed by atoms with van der Waals surface area (Å²) in [5.41, 5.74) is 2.13. The van der Waals surface area contributed by atoms with Gasteiger partial charge in [0.05, 0.1) is 5.02 Å². The van der Waals surface area contributed by atoms with Crippen molar-refractivity contribution in [3.05, 3.63) is 40.9 Å². The van der Waals surface area contributed by atoms with Crippen LogP contribution in [-0.2, 0) is 5.41 Å². The zero-order valence-corrected chi connectivity index (χ0v) is 12.7. The number of hydrazine groups is 1. The summed E-state index contributed by atoms with van der Waals surface area (Å²) in [6, 6.07) is 5.98. The lowest BCUT2D eigenvalue weighted by molar-refractivity contribution is 0.418. The number of ether oxygens (including phenoxy) is 1. The lowest BCUT2D eigenvalue weighted by Crippen LogP contribution is -2.19. The molecule has 2 aromatic rings. The first-order chi connectivity index (χ1) is 9.81. The first-order valence-electron chi connectivity index (χ1n) is 6.29. The van der Waals surface area contributed by atoms with Crippen molar-refractivity contribution >= 4 is 17.4 Å². The molecule has 0 unspecified atom stereocenters. The van der Waals surface area contributed by atoms with Crippen LogP contribution >= 0.6 is 11.6 Å². The van der Waals surface area contributed by atoms with Crippen molar-refractivity contribution in [2.24, 2.45) is 5.84 Å². The Hall–Kier alpha value is -1.92. The van der Waals surface area contributed by atoms with Crippen molar-refractivity contribution in [3.63, 3.8) is 0 Å². The molecule has 0 aliphatic rings. The third-order valence-corrected chi connectivity index (χ3v) is 2.94. The number of nitrogens with one attached hydrogen (secondary N) is 1. The number of nitrogen functional groups attached to an aromatic ring is 1. The maximum absolute atomic E-state index is 13.9. The van der Waals surface area contributed by atoms with Crippen LogP contribution in [0, 0.1) is 5.82 Å². The second-order valence-corrected chi connectivity index (χ2v) is 5.87. The molecule has 0 aliphatic carbocycles. The molecule has 0 fully saturated rings. The molecule has 21 heavy (non-hydrogen) atoms. The fourth-order valence-corrected chi connectivity index (χ4v) is 1.73.